The Morgan fingerprint density at radius 3 is 2.88 bits per heavy atom. The number of fused-ring (bicyclic) bond motifs is 1. The van der Waals surface area contributed by atoms with Crippen LogP contribution >= 0.6 is 11.6 Å². The molecule has 0 amide bonds. The van der Waals surface area contributed by atoms with Gasteiger partial charge in [0.2, 0.25) is 0 Å². The van der Waals surface area contributed by atoms with Crippen LogP contribution in [-0.4, -0.2) is 15.0 Å². The van der Waals surface area contributed by atoms with Crippen molar-refractivity contribution < 1.29 is 0 Å². The van der Waals surface area contributed by atoms with Crippen molar-refractivity contribution in [3.05, 3.63) is 23.2 Å². The van der Waals surface area contributed by atoms with Gasteiger partial charge in [0.1, 0.15) is 17.1 Å². The van der Waals surface area contributed by atoms with Gasteiger partial charge in [-0.15, -0.1) is 0 Å². The predicted octanol–water partition coefficient (Wildman–Crippen LogP) is 2.56. The van der Waals surface area contributed by atoms with E-state index in [1.165, 1.54) is 6.33 Å². The van der Waals surface area contributed by atoms with Gasteiger partial charge >= 0.3 is 0 Å². The smallest absolute Gasteiger partial charge is 0.142 e. The SMILES string of the molecule is N#CC1(c2c[nH]c3ncnc(Cl)c23)CCC1. The zero-order valence-electron chi connectivity index (χ0n) is 8.50. The molecule has 1 N–H and O–H groups in total. The molecule has 80 valence electrons. The van der Waals surface area contributed by atoms with Gasteiger partial charge in [0.25, 0.3) is 0 Å². The molecular formula is C11H9ClN4. The van der Waals surface area contributed by atoms with Crippen LogP contribution in [0.15, 0.2) is 12.5 Å². The van der Waals surface area contributed by atoms with Crippen molar-refractivity contribution in [2.45, 2.75) is 24.7 Å². The van der Waals surface area contributed by atoms with Crippen LogP contribution < -0.4 is 0 Å². The zero-order valence-corrected chi connectivity index (χ0v) is 9.25. The number of rotatable bonds is 1. The molecule has 0 radical (unpaired) electrons. The van der Waals surface area contributed by atoms with Crippen LogP contribution in [0, 0.1) is 11.3 Å². The number of nitriles is 1. The van der Waals surface area contributed by atoms with Crippen LogP contribution in [0.3, 0.4) is 0 Å². The molecule has 1 fully saturated rings. The summed E-state index contributed by atoms with van der Waals surface area (Å²) < 4.78 is 0. The second-order valence-corrected chi connectivity index (χ2v) is 4.50. The van der Waals surface area contributed by atoms with Crippen molar-refractivity contribution in [3.8, 4) is 6.07 Å². The summed E-state index contributed by atoms with van der Waals surface area (Å²) in [6.45, 7) is 0. The standard InChI is InChI=1S/C11H9ClN4/c12-9-8-7(11(5-13)2-1-3-11)4-14-10(8)16-6-15-9/h4,6H,1-3H2,(H,14,15,16). The number of halogens is 1. The third-order valence-corrected chi connectivity index (χ3v) is 3.65. The van der Waals surface area contributed by atoms with Crippen LogP contribution in [0.4, 0.5) is 0 Å². The van der Waals surface area contributed by atoms with Gasteiger partial charge in [-0.2, -0.15) is 5.26 Å². The van der Waals surface area contributed by atoms with Gasteiger partial charge in [-0.1, -0.05) is 11.6 Å². The fourth-order valence-corrected chi connectivity index (χ4v) is 2.51. The maximum Gasteiger partial charge on any atom is 0.142 e. The van der Waals surface area contributed by atoms with Gasteiger partial charge < -0.3 is 4.98 Å². The highest BCUT2D eigenvalue weighted by Crippen LogP contribution is 2.46. The lowest BCUT2D eigenvalue weighted by molar-refractivity contribution is 0.326. The lowest BCUT2D eigenvalue weighted by Gasteiger charge is -2.34. The van der Waals surface area contributed by atoms with E-state index in [1.807, 2.05) is 6.20 Å². The first-order valence-electron chi connectivity index (χ1n) is 5.16. The normalized spacial score (nSPS) is 18.0. The van der Waals surface area contributed by atoms with E-state index < -0.39 is 0 Å². The minimum atomic E-state index is -0.382. The zero-order chi connectivity index (χ0) is 11.2. The highest BCUT2D eigenvalue weighted by atomic mass is 35.5. The average Bonchev–Trinajstić information content (AvgIpc) is 2.63. The van der Waals surface area contributed by atoms with Crippen LogP contribution in [-0.2, 0) is 5.41 Å². The lowest BCUT2D eigenvalue weighted by atomic mass is 9.66. The molecule has 2 aromatic rings. The Morgan fingerprint density at radius 2 is 2.25 bits per heavy atom. The van der Waals surface area contributed by atoms with E-state index in [2.05, 4.69) is 21.0 Å². The van der Waals surface area contributed by atoms with Crippen LogP contribution in [0.1, 0.15) is 24.8 Å². The van der Waals surface area contributed by atoms with E-state index in [9.17, 15) is 5.26 Å². The first kappa shape index (κ1) is 9.61. The van der Waals surface area contributed by atoms with Gasteiger partial charge in [-0.25, -0.2) is 9.97 Å². The molecule has 0 bridgehead atoms. The van der Waals surface area contributed by atoms with Crippen molar-refractivity contribution >= 4 is 22.6 Å². The summed E-state index contributed by atoms with van der Waals surface area (Å²) in [4.78, 5) is 11.1. The molecule has 0 atom stereocenters. The first-order valence-corrected chi connectivity index (χ1v) is 5.54. The number of aromatic nitrogens is 3. The molecule has 0 spiro atoms. The predicted molar refractivity (Wildman–Crippen MR) is 60.0 cm³/mol. The van der Waals surface area contributed by atoms with E-state index in [1.54, 1.807) is 0 Å². The Balaban J connectivity index is 2.29. The molecule has 4 nitrogen and oxygen atoms in total. The maximum absolute atomic E-state index is 9.31. The Labute approximate surface area is 97.3 Å². The highest BCUT2D eigenvalue weighted by molar-refractivity contribution is 6.34. The van der Waals surface area contributed by atoms with Gasteiger partial charge in [-0.05, 0) is 19.3 Å². The summed E-state index contributed by atoms with van der Waals surface area (Å²) in [5, 5.41) is 10.5. The Morgan fingerprint density at radius 1 is 1.44 bits per heavy atom. The molecular weight excluding hydrogens is 224 g/mol. The monoisotopic (exact) mass is 232 g/mol. The minimum absolute atomic E-state index is 0.382. The quantitative estimate of drug-likeness (QED) is 0.769. The summed E-state index contributed by atoms with van der Waals surface area (Å²) in [5.41, 5.74) is 1.27. The van der Waals surface area contributed by atoms with Gasteiger partial charge in [0.15, 0.2) is 0 Å². The van der Waals surface area contributed by atoms with Gasteiger partial charge in [-0.3, -0.25) is 0 Å². The second-order valence-electron chi connectivity index (χ2n) is 4.14. The fraction of sp³-hybridized carbons (Fsp3) is 0.364. The van der Waals surface area contributed by atoms with Crippen LogP contribution in [0.5, 0.6) is 0 Å². The number of nitrogens with one attached hydrogen (secondary N) is 1. The van der Waals surface area contributed by atoms with Crippen molar-refractivity contribution in [1.82, 2.24) is 15.0 Å². The summed E-state index contributed by atoms with van der Waals surface area (Å²) in [6, 6.07) is 2.40. The van der Waals surface area contributed by atoms with Crippen molar-refractivity contribution in [2.24, 2.45) is 0 Å². The van der Waals surface area contributed by atoms with E-state index in [0.717, 1.165) is 30.2 Å². The lowest BCUT2D eigenvalue weighted by Crippen LogP contribution is -2.32. The molecule has 1 aliphatic rings. The number of H-pyrrole nitrogens is 1. The van der Waals surface area contributed by atoms with Crippen molar-refractivity contribution in [2.75, 3.05) is 0 Å². The van der Waals surface area contributed by atoms with Crippen LogP contribution in [0.25, 0.3) is 11.0 Å². The van der Waals surface area contributed by atoms with Crippen LogP contribution in [0.2, 0.25) is 5.15 Å². The number of nitrogens with zero attached hydrogens (tertiary/aromatic N) is 3. The molecule has 5 heteroatoms. The third-order valence-electron chi connectivity index (χ3n) is 3.36. The van der Waals surface area contributed by atoms with Crippen molar-refractivity contribution in [1.29, 1.82) is 5.26 Å². The van der Waals surface area contributed by atoms with E-state index >= 15 is 0 Å². The average molecular weight is 233 g/mol. The molecule has 0 unspecified atom stereocenters. The largest absolute Gasteiger partial charge is 0.346 e. The van der Waals surface area contributed by atoms with Gasteiger partial charge in [0.05, 0.1) is 16.9 Å². The first-order chi connectivity index (χ1) is 7.77. The number of hydrogen-bond acceptors (Lipinski definition) is 3. The Bertz CT molecular complexity index is 592. The topological polar surface area (TPSA) is 65.4 Å². The maximum atomic E-state index is 9.31. The number of aromatic amines is 1. The molecule has 2 aromatic heterocycles. The van der Waals surface area contributed by atoms with E-state index in [-0.39, 0.29) is 5.41 Å². The van der Waals surface area contributed by atoms with E-state index in [4.69, 9.17) is 11.6 Å². The van der Waals surface area contributed by atoms with Gasteiger partial charge in [0, 0.05) is 11.8 Å². The Hall–Kier alpha value is -1.60. The summed E-state index contributed by atoms with van der Waals surface area (Å²) in [7, 11) is 0. The molecule has 0 aromatic carbocycles. The molecule has 0 aliphatic heterocycles. The summed E-state index contributed by atoms with van der Waals surface area (Å²) in [5.74, 6) is 0. The number of hydrogen-bond donors (Lipinski definition) is 1. The minimum Gasteiger partial charge on any atom is -0.346 e. The highest BCUT2D eigenvalue weighted by Gasteiger charge is 2.41. The molecule has 3 rings (SSSR count). The Kier molecular flexibility index (Phi) is 1.92. The summed E-state index contributed by atoms with van der Waals surface area (Å²) >= 11 is 6.07. The molecule has 2 heterocycles. The second kappa shape index (κ2) is 3.19. The molecule has 1 saturated carbocycles. The molecule has 1 aliphatic carbocycles. The fourth-order valence-electron chi connectivity index (χ4n) is 2.27. The van der Waals surface area contributed by atoms with Crippen molar-refractivity contribution in [3.63, 3.8) is 0 Å². The molecule has 16 heavy (non-hydrogen) atoms. The molecule has 0 saturated heterocycles. The summed E-state index contributed by atoms with van der Waals surface area (Å²) in [6.07, 6.45) is 6.13. The third kappa shape index (κ3) is 1.09. The van der Waals surface area contributed by atoms with E-state index in [0.29, 0.717) is 10.8 Å².